The maximum atomic E-state index is 13.1. The average molecular weight is 651 g/mol. The van der Waals surface area contributed by atoms with Crippen LogP contribution in [0, 0.1) is 0 Å². The monoisotopic (exact) mass is 650 g/mol. The fourth-order valence-corrected chi connectivity index (χ4v) is 5.33. The lowest BCUT2D eigenvalue weighted by Gasteiger charge is -2.26. The highest BCUT2D eigenvalue weighted by Gasteiger charge is 2.33. The van der Waals surface area contributed by atoms with Crippen LogP contribution in [0.2, 0.25) is 0 Å². The zero-order chi connectivity index (χ0) is 34.6. The van der Waals surface area contributed by atoms with Crippen molar-refractivity contribution >= 4 is 29.8 Å². The van der Waals surface area contributed by atoms with Gasteiger partial charge in [0.1, 0.15) is 30.9 Å². The minimum absolute atomic E-state index is 0.0148. The van der Waals surface area contributed by atoms with Crippen LogP contribution >= 0.6 is 0 Å². The molecule has 0 radical (unpaired) electrons. The van der Waals surface area contributed by atoms with E-state index in [2.05, 4.69) is 17.2 Å². The van der Waals surface area contributed by atoms with Gasteiger partial charge in [-0.25, -0.2) is 25.2 Å². The predicted molar refractivity (Wildman–Crippen MR) is 176 cm³/mol. The van der Waals surface area contributed by atoms with Crippen molar-refractivity contribution in [2.45, 2.75) is 83.4 Å². The second-order valence-electron chi connectivity index (χ2n) is 12.3. The quantitative estimate of drug-likeness (QED) is 0.0461. The number of nitrogens with one attached hydrogen (secondary N) is 2. The number of benzene rings is 2. The minimum atomic E-state index is -1.12. The molecule has 2 aromatic carbocycles. The number of carbonyl (C=O) groups is 5. The third-order valence-electron chi connectivity index (χ3n) is 7.45. The van der Waals surface area contributed by atoms with Gasteiger partial charge in [0.2, 0.25) is 11.8 Å². The molecular weight excluding hydrogens is 604 g/mol. The molecule has 254 valence electrons. The third-order valence-corrected chi connectivity index (χ3v) is 7.45. The van der Waals surface area contributed by atoms with Gasteiger partial charge in [0.15, 0.2) is 0 Å². The number of fused-ring (bicyclic) bond motifs is 3. The zero-order valence-electron chi connectivity index (χ0n) is 27.6. The summed E-state index contributed by atoms with van der Waals surface area (Å²) in [6, 6.07) is 13.8. The normalized spacial score (nSPS) is 13.3. The number of hydrazine groups is 1. The summed E-state index contributed by atoms with van der Waals surface area (Å²) in [7, 11) is 0. The largest absolute Gasteiger partial charge is 0.460 e. The van der Waals surface area contributed by atoms with Crippen LogP contribution in [0.15, 0.2) is 61.2 Å². The van der Waals surface area contributed by atoms with E-state index < -0.39 is 41.6 Å². The Balaban J connectivity index is 1.50. The third kappa shape index (κ3) is 11.0. The molecule has 4 N–H and O–H groups in total. The second-order valence-corrected chi connectivity index (χ2v) is 12.3. The first-order valence-corrected chi connectivity index (χ1v) is 15.8. The average Bonchev–Trinajstić information content (AvgIpc) is 3.34. The van der Waals surface area contributed by atoms with Crippen molar-refractivity contribution in [3.05, 3.63) is 72.3 Å². The van der Waals surface area contributed by atoms with Crippen molar-refractivity contribution in [2.24, 2.45) is 5.84 Å². The molecule has 0 aliphatic heterocycles. The van der Waals surface area contributed by atoms with E-state index in [1.165, 1.54) is 13.0 Å². The second kappa shape index (κ2) is 17.3. The highest BCUT2D eigenvalue weighted by Crippen LogP contribution is 2.44. The molecule has 1 aliphatic rings. The molecular formula is C35H46N4O8. The van der Waals surface area contributed by atoms with Crippen molar-refractivity contribution in [3.63, 3.8) is 0 Å². The summed E-state index contributed by atoms with van der Waals surface area (Å²) in [5, 5.41) is 6.05. The lowest BCUT2D eigenvalue weighted by Crippen LogP contribution is -2.50. The predicted octanol–water partition coefficient (Wildman–Crippen LogP) is 4.12. The van der Waals surface area contributed by atoms with Gasteiger partial charge in [-0.05, 0) is 68.7 Å². The lowest BCUT2D eigenvalue weighted by molar-refractivity contribution is -0.158. The number of ether oxygens (including phenoxy) is 3. The molecule has 12 nitrogen and oxygen atoms in total. The topological polar surface area (TPSA) is 166 Å². The van der Waals surface area contributed by atoms with Gasteiger partial charge >= 0.3 is 18.0 Å². The van der Waals surface area contributed by atoms with Gasteiger partial charge in [-0.3, -0.25) is 9.59 Å². The van der Waals surface area contributed by atoms with Gasteiger partial charge in [-0.15, -0.1) is 0 Å². The fourth-order valence-electron chi connectivity index (χ4n) is 5.33. The van der Waals surface area contributed by atoms with Crippen molar-refractivity contribution in [3.8, 4) is 11.1 Å². The summed E-state index contributed by atoms with van der Waals surface area (Å²) in [6.07, 6.45) is 1.66. The van der Waals surface area contributed by atoms with Crippen LogP contribution in [0.5, 0.6) is 0 Å². The smallest absolute Gasteiger partial charge is 0.424 e. The number of hydrogen-bond acceptors (Lipinski definition) is 9. The summed E-state index contributed by atoms with van der Waals surface area (Å²) in [4.78, 5) is 62.4. The molecule has 2 atom stereocenters. The Morgan fingerprint density at radius 2 is 1.55 bits per heavy atom. The van der Waals surface area contributed by atoms with E-state index >= 15 is 0 Å². The Morgan fingerprint density at radius 1 is 0.936 bits per heavy atom. The summed E-state index contributed by atoms with van der Waals surface area (Å²) >= 11 is 0. The SMILES string of the molecule is C=CCOC(=O)[C@@H](CCCCNC(=O)CC[C@H](NC(C)=O)C(=O)OC(C)(C)C)N(N)C(=O)OCC1c2ccccc2-c2ccccc21. The van der Waals surface area contributed by atoms with E-state index in [1.54, 1.807) is 20.8 Å². The Morgan fingerprint density at radius 3 is 2.13 bits per heavy atom. The molecule has 12 heteroatoms. The molecule has 0 saturated heterocycles. The van der Waals surface area contributed by atoms with E-state index in [1.807, 2.05) is 48.5 Å². The molecule has 1 aliphatic carbocycles. The first-order valence-electron chi connectivity index (χ1n) is 15.8. The summed E-state index contributed by atoms with van der Waals surface area (Å²) < 4.78 is 16.2. The number of nitrogens with zero attached hydrogens (tertiary/aromatic N) is 1. The van der Waals surface area contributed by atoms with E-state index in [0.717, 1.165) is 27.3 Å². The lowest BCUT2D eigenvalue weighted by atomic mass is 9.98. The van der Waals surface area contributed by atoms with E-state index in [9.17, 15) is 24.0 Å². The molecule has 3 amide bonds. The number of esters is 2. The Hall–Kier alpha value is -4.71. The number of nitrogens with two attached hydrogens (primary N) is 1. The first kappa shape index (κ1) is 36.8. The number of amides is 3. The van der Waals surface area contributed by atoms with Crippen LogP contribution in [-0.4, -0.2) is 72.3 Å². The molecule has 47 heavy (non-hydrogen) atoms. The Kier molecular flexibility index (Phi) is 13.5. The molecule has 2 aromatic rings. The summed E-state index contributed by atoms with van der Waals surface area (Å²) in [5.41, 5.74) is 3.52. The van der Waals surface area contributed by atoms with Crippen LogP contribution in [-0.2, 0) is 33.4 Å². The highest BCUT2D eigenvalue weighted by atomic mass is 16.6. The minimum Gasteiger partial charge on any atom is -0.460 e. The van der Waals surface area contributed by atoms with Crippen LogP contribution in [0.25, 0.3) is 11.1 Å². The number of rotatable bonds is 16. The van der Waals surface area contributed by atoms with Gasteiger partial charge in [0, 0.05) is 25.8 Å². The Labute approximate surface area is 276 Å². The van der Waals surface area contributed by atoms with Crippen LogP contribution in [0.3, 0.4) is 0 Å². The maximum Gasteiger partial charge on any atom is 0.424 e. The van der Waals surface area contributed by atoms with Crippen molar-refractivity contribution < 1.29 is 38.2 Å². The zero-order valence-corrected chi connectivity index (χ0v) is 27.6. The molecule has 0 spiro atoms. The molecule has 0 fully saturated rings. The van der Waals surface area contributed by atoms with Crippen molar-refractivity contribution in [1.29, 1.82) is 0 Å². The van der Waals surface area contributed by atoms with Crippen molar-refractivity contribution in [2.75, 3.05) is 19.8 Å². The molecule has 0 bridgehead atoms. The maximum absolute atomic E-state index is 13.1. The van der Waals surface area contributed by atoms with E-state index in [-0.39, 0.29) is 50.8 Å². The van der Waals surface area contributed by atoms with Crippen LogP contribution < -0.4 is 16.5 Å². The van der Waals surface area contributed by atoms with Crippen LogP contribution in [0.1, 0.15) is 76.8 Å². The molecule has 3 rings (SSSR count). The van der Waals surface area contributed by atoms with Gasteiger partial charge in [-0.1, -0.05) is 61.2 Å². The molecule has 0 aromatic heterocycles. The number of hydrogen-bond donors (Lipinski definition) is 3. The molecule has 0 unspecified atom stereocenters. The number of unbranched alkanes of at least 4 members (excludes halogenated alkanes) is 1. The molecule has 0 heterocycles. The first-order chi connectivity index (χ1) is 22.3. The standard InChI is InChI=1S/C35H46N4O8/c1-6-21-45-33(43)30(17-11-12-20-37-31(41)19-18-29(38-23(2)40)32(42)47-35(3,4)5)39(36)34(44)46-22-28-26-15-9-7-13-24(26)25-14-8-10-16-27(25)28/h6-10,13-16,28-30H,1,11-12,17-22,36H2,2-5H3,(H,37,41)(H,38,40)/t29-,30+/m0/s1. The highest BCUT2D eigenvalue weighted by molar-refractivity contribution is 5.85. The van der Waals surface area contributed by atoms with Gasteiger partial charge in [0.05, 0.1) is 0 Å². The van der Waals surface area contributed by atoms with Gasteiger partial charge in [0.25, 0.3) is 0 Å². The van der Waals surface area contributed by atoms with Crippen molar-refractivity contribution in [1.82, 2.24) is 15.6 Å². The van der Waals surface area contributed by atoms with Gasteiger partial charge in [-0.2, -0.15) is 0 Å². The Bertz CT molecular complexity index is 1390. The number of carbonyl (C=O) groups excluding carboxylic acids is 5. The fraction of sp³-hybridized carbons (Fsp3) is 0.457. The van der Waals surface area contributed by atoms with Crippen LogP contribution in [0.4, 0.5) is 4.79 Å². The summed E-state index contributed by atoms with van der Waals surface area (Å²) in [5.74, 6) is 3.92. The van der Waals surface area contributed by atoms with Gasteiger partial charge < -0.3 is 24.8 Å². The van der Waals surface area contributed by atoms with E-state index in [4.69, 9.17) is 20.1 Å². The summed E-state index contributed by atoms with van der Waals surface area (Å²) in [6.45, 7) is 10.3. The molecule has 0 saturated carbocycles. The van der Waals surface area contributed by atoms with E-state index in [0.29, 0.717) is 12.8 Å².